The van der Waals surface area contributed by atoms with Crippen LogP contribution in [0.5, 0.6) is 0 Å². The fraction of sp³-hybridized carbons (Fsp3) is 0.125. The predicted octanol–water partition coefficient (Wildman–Crippen LogP) is 4.97. The standard InChI is InChI=1S/C16H14N2S2/c1-11-8-9-12(2)14(10-11)19-16-15(17-18-20-16)13-6-4-3-5-7-13/h3-10H,1-2H3. The van der Waals surface area contributed by atoms with Crippen LogP contribution in [-0.2, 0) is 0 Å². The van der Waals surface area contributed by atoms with Gasteiger partial charge in [-0.15, -0.1) is 5.10 Å². The van der Waals surface area contributed by atoms with Gasteiger partial charge in [0.05, 0.1) is 0 Å². The average Bonchev–Trinajstić information content (AvgIpc) is 2.92. The Morgan fingerprint density at radius 1 is 1.00 bits per heavy atom. The van der Waals surface area contributed by atoms with Crippen LogP contribution in [-0.4, -0.2) is 9.59 Å². The van der Waals surface area contributed by atoms with Crippen LogP contribution < -0.4 is 0 Å². The predicted molar refractivity (Wildman–Crippen MR) is 85.4 cm³/mol. The van der Waals surface area contributed by atoms with Crippen molar-refractivity contribution in [3.8, 4) is 11.3 Å². The third kappa shape index (κ3) is 2.76. The van der Waals surface area contributed by atoms with Crippen LogP contribution in [0, 0.1) is 13.8 Å². The lowest BCUT2D eigenvalue weighted by atomic mass is 10.2. The summed E-state index contributed by atoms with van der Waals surface area (Å²) in [6.07, 6.45) is 0. The number of nitrogens with zero attached hydrogens (tertiary/aromatic N) is 2. The fourth-order valence-corrected chi connectivity index (χ4v) is 3.83. The first-order valence-corrected chi connectivity index (χ1v) is 7.96. The Hall–Kier alpha value is -1.65. The minimum Gasteiger partial charge on any atom is -0.137 e. The lowest BCUT2D eigenvalue weighted by Gasteiger charge is -2.06. The van der Waals surface area contributed by atoms with E-state index < -0.39 is 0 Å². The molecule has 0 aliphatic rings. The molecule has 0 N–H and O–H groups in total. The topological polar surface area (TPSA) is 25.8 Å². The van der Waals surface area contributed by atoms with Gasteiger partial charge in [-0.25, -0.2) is 0 Å². The number of hydrogen-bond donors (Lipinski definition) is 0. The zero-order chi connectivity index (χ0) is 13.9. The Bertz CT molecular complexity index is 720. The van der Waals surface area contributed by atoms with Gasteiger partial charge in [0.2, 0.25) is 0 Å². The van der Waals surface area contributed by atoms with Crippen molar-refractivity contribution in [1.82, 2.24) is 9.59 Å². The Kier molecular flexibility index (Phi) is 3.85. The number of rotatable bonds is 3. The van der Waals surface area contributed by atoms with E-state index in [2.05, 4.69) is 53.8 Å². The van der Waals surface area contributed by atoms with E-state index in [4.69, 9.17) is 0 Å². The molecule has 0 radical (unpaired) electrons. The largest absolute Gasteiger partial charge is 0.137 e. The summed E-state index contributed by atoms with van der Waals surface area (Å²) in [6, 6.07) is 16.7. The monoisotopic (exact) mass is 298 g/mol. The second-order valence-corrected chi connectivity index (χ2v) is 6.71. The van der Waals surface area contributed by atoms with E-state index in [1.807, 2.05) is 18.2 Å². The molecule has 0 saturated carbocycles. The normalized spacial score (nSPS) is 10.7. The maximum atomic E-state index is 4.28. The summed E-state index contributed by atoms with van der Waals surface area (Å²) >= 11 is 3.21. The van der Waals surface area contributed by atoms with Gasteiger partial charge in [-0.1, -0.05) is 58.7 Å². The molecule has 3 aromatic rings. The average molecular weight is 298 g/mol. The van der Waals surface area contributed by atoms with Crippen molar-refractivity contribution in [3.05, 3.63) is 59.7 Å². The lowest BCUT2D eigenvalue weighted by Crippen LogP contribution is -1.83. The van der Waals surface area contributed by atoms with Crippen molar-refractivity contribution in [3.63, 3.8) is 0 Å². The van der Waals surface area contributed by atoms with Crippen LogP contribution in [0.1, 0.15) is 11.1 Å². The van der Waals surface area contributed by atoms with Gasteiger partial charge in [-0.3, -0.25) is 0 Å². The molecule has 0 unspecified atom stereocenters. The Morgan fingerprint density at radius 3 is 2.60 bits per heavy atom. The van der Waals surface area contributed by atoms with Gasteiger partial charge < -0.3 is 0 Å². The summed E-state index contributed by atoms with van der Waals surface area (Å²) in [5, 5.41) is 4.28. The second-order valence-electron chi connectivity index (χ2n) is 4.65. The van der Waals surface area contributed by atoms with Gasteiger partial charge in [0.15, 0.2) is 0 Å². The van der Waals surface area contributed by atoms with E-state index in [0.29, 0.717) is 0 Å². The van der Waals surface area contributed by atoms with Crippen molar-refractivity contribution in [2.45, 2.75) is 23.0 Å². The summed E-state index contributed by atoms with van der Waals surface area (Å²) in [7, 11) is 0. The smallest absolute Gasteiger partial charge is 0.119 e. The fourth-order valence-electron chi connectivity index (χ4n) is 1.94. The van der Waals surface area contributed by atoms with E-state index in [0.717, 1.165) is 15.5 Å². The first kappa shape index (κ1) is 13.3. The molecule has 4 heteroatoms. The number of aromatic nitrogens is 2. The molecule has 20 heavy (non-hydrogen) atoms. The maximum absolute atomic E-state index is 4.28. The molecule has 100 valence electrons. The van der Waals surface area contributed by atoms with Crippen molar-refractivity contribution in [1.29, 1.82) is 0 Å². The minimum atomic E-state index is 0.974. The molecule has 0 aliphatic heterocycles. The van der Waals surface area contributed by atoms with Crippen molar-refractivity contribution in [2.75, 3.05) is 0 Å². The molecule has 0 amide bonds. The molecule has 2 nitrogen and oxygen atoms in total. The molecule has 0 aliphatic carbocycles. The van der Waals surface area contributed by atoms with Crippen molar-refractivity contribution >= 4 is 23.3 Å². The maximum Gasteiger partial charge on any atom is 0.119 e. The zero-order valence-corrected chi connectivity index (χ0v) is 13.0. The number of aryl methyl sites for hydroxylation is 2. The summed E-state index contributed by atoms with van der Waals surface area (Å²) < 4.78 is 5.26. The first-order valence-electron chi connectivity index (χ1n) is 6.37. The van der Waals surface area contributed by atoms with E-state index in [9.17, 15) is 0 Å². The van der Waals surface area contributed by atoms with Crippen LogP contribution >= 0.6 is 23.3 Å². The zero-order valence-electron chi connectivity index (χ0n) is 11.3. The third-order valence-corrected chi connectivity index (χ3v) is 5.09. The molecule has 0 atom stereocenters. The third-order valence-electron chi connectivity index (χ3n) is 3.05. The van der Waals surface area contributed by atoms with Crippen LogP contribution in [0.4, 0.5) is 0 Å². The highest BCUT2D eigenvalue weighted by molar-refractivity contribution is 8.01. The Morgan fingerprint density at radius 2 is 1.80 bits per heavy atom. The van der Waals surface area contributed by atoms with Crippen LogP contribution in [0.25, 0.3) is 11.3 Å². The van der Waals surface area contributed by atoms with Crippen LogP contribution in [0.3, 0.4) is 0 Å². The second kappa shape index (κ2) is 5.77. The molecule has 1 heterocycles. The van der Waals surface area contributed by atoms with Crippen molar-refractivity contribution in [2.24, 2.45) is 0 Å². The van der Waals surface area contributed by atoms with Crippen LogP contribution in [0.2, 0.25) is 0 Å². The van der Waals surface area contributed by atoms with Gasteiger partial charge in [0, 0.05) is 10.5 Å². The van der Waals surface area contributed by atoms with Gasteiger partial charge in [-0.05, 0) is 42.6 Å². The van der Waals surface area contributed by atoms with Crippen LogP contribution in [0.15, 0.2) is 57.6 Å². The summed E-state index contributed by atoms with van der Waals surface area (Å²) in [5.74, 6) is 0. The highest BCUT2D eigenvalue weighted by atomic mass is 32.2. The summed E-state index contributed by atoms with van der Waals surface area (Å²) in [5.41, 5.74) is 4.65. The lowest BCUT2D eigenvalue weighted by molar-refractivity contribution is 1.15. The van der Waals surface area contributed by atoms with Gasteiger partial charge in [-0.2, -0.15) is 0 Å². The van der Waals surface area contributed by atoms with E-state index >= 15 is 0 Å². The molecular formula is C16H14N2S2. The van der Waals surface area contributed by atoms with Gasteiger partial charge >= 0.3 is 0 Å². The number of hydrogen-bond acceptors (Lipinski definition) is 4. The molecule has 0 bridgehead atoms. The molecule has 0 spiro atoms. The van der Waals surface area contributed by atoms with Gasteiger partial charge in [0.1, 0.15) is 9.90 Å². The summed E-state index contributed by atoms with van der Waals surface area (Å²) in [6.45, 7) is 4.25. The molecule has 0 fully saturated rings. The summed E-state index contributed by atoms with van der Waals surface area (Å²) in [4.78, 5) is 1.27. The quantitative estimate of drug-likeness (QED) is 0.682. The van der Waals surface area contributed by atoms with Gasteiger partial charge in [0.25, 0.3) is 0 Å². The van der Waals surface area contributed by atoms with Crippen molar-refractivity contribution < 1.29 is 0 Å². The Labute approximate surface area is 127 Å². The minimum absolute atomic E-state index is 0.974. The molecule has 3 rings (SSSR count). The highest BCUT2D eigenvalue weighted by Gasteiger charge is 2.12. The highest BCUT2D eigenvalue weighted by Crippen LogP contribution is 2.38. The van der Waals surface area contributed by atoms with E-state index in [1.54, 1.807) is 11.8 Å². The SMILES string of the molecule is Cc1ccc(C)c(Sc2snnc2-c2ccccc2)c1. The molecule has 2 aromatic carbocycles. The van der Waals surface area contributed by atoms with E-state index in [-0.39, 0.29) is 0 Å². The first-order chi connectivity index (χ1) is 9.74. The molecule has 1 aromatic heterocycles. The number of benzene rings is 2. The molecule has 0 saturated heterocycles. The van der Waals surface area contributed by atoms with E-state index in [1.165, 1.54) is 27.6 Å². The Balaban J connectivity index is 1.97. The molecular weight excluding hydrogens is 284 g/mol.